The van der Waals surface area contributed by atoms with Gasteiger partial charge in [-0.25, -0.2) is 0 Å². The molecule has 0 fully saturated rings. The Labute approximate surface area is 139 Å². The number of hydrogen-bond donors (Lipinski definition) is 1. The van der Waals surface area contributed by atoms with Gasteiger partial charge in [-0.1, -0.05) is 60.2 Å². The Morgan fingerprint density at radius 1 is 1.04 bits per heavy atom. The molecule has 1 aliphatic rings. The molecule has 2 heterocycles. The molecule has 1 amide bonds. The fraction of sp³-hybridized carbons (Fsp3) is 0.150. The van der Waals surface area contributed by atoms with Gasteiger partial charge in [0.1, 0.15) is 0 Å². The maximum atomic E-state index is 12.3. The zero-order valence-electron chi connectivity index (χ0n) is 12.9. The van der Waals surface area contributed by atoms with Gasteiger partial charge in [-0.05, 0) is 18.1 Å². The van der Waals surface area contributed by atoms with Crippen LogP contribution in [0, 0.1) is 6.92 Å². The van der Waals surface area contributed by atoms with Crippen molar-refractivity contribution in [2.75, 3.05) is 5.32 Å². The summed E-state index contributed by atoms with van der Waals surface area (Å²) in [5.41, 5.74) is 5.71. The van der Waals surface area contributed by atoms with E-state index in [2.05, 4.69) is 54.0 Å². The van der Waals surface area contributed by atoms with E-state index in [0.717, 1.165) is 16.8 Å². The van der Waals surface area contributed by atoms with Crippen LogP contribution >= 0.6 is 11.3 Å². The SMILES string of the molecule is Cc1ccc(C2CC(=O)Nc3c(-c4ccccc4)csc32)cc1. The summed E-state index contributed by atoms with van der Waals surface area (Å²) in [4.78, 5) is 13.5. The third-order valence-corrected chi connectivity index (χ3v) is 5.45. The zero-order valence-corrected chi connectivity index (χ0v) is 13.7. The highest BCUT2D eigenvalue weighted by Crippen LogP contribution is 2.46. The average molecular weight is 319 g/mol. The van der Waals surface area contributed by atoms with E-state index in [0.29, 0.717) is 6.42 Å². The standard InChI is InChI=1S/C20H17NOS/c1-13-7-9-15(10-8-13)16-11-18(22)21-19-17(12-23-20(16)19)14-5-3-2-4-6-14/h2-10,12,16H,11H2,1H3,(H,21,22). The molecule has 2 nitrogen and oxygen atoms in total. The van der Waals surface area contributed by atoms with Gasteiger partial charge in [0.05, 0.1) is 5.69 Å². The Bertz CT molecular complexity index is 849. The summed E-state index contributed by atoms with van der Waals surface area (Å²) in [5, 5.41) is 5.25. The van der Waals surface area contributed by atoms with Crippen molar-refractivity contribution in [1.29, 1.82) is 0 Å². The summed E-state index contributed by atoms with van der Waals surface area (Å²) in [6.45, 7) is 2.08. The van der Waals surface area contributed by atoms with Crippen molar-refractivity contribution in [2.24, 2.45) is 0 Å². The molecule has 1 unspecified atom stereocenters. The average Bonchev–Trinajstić information content (AvgIpc) is 2.99. The largest absolute Gasteiger partial charge is 0.325 e. The van der Waals surface area contributed by atoms with Crippen LogP contribution in [0.2, 0.25) is 0 Å². The molecule has 0 aliphatic carbocycles. The molecule has 23 heavy (non-hydrogen) atoms. The maximum absolute atomic E-state index is 12.3. The molecule has 1 atom stereocenters. The molecule has 1 aromatic heterocycles. The number of carbonyl (C=O) groups excluding carboxylic acids is 1. The molecule has 0 spiro atoms. The predicted octanol–water partition coefficient (Wildman–Crippen LogP) is 5.20. The minimum atomic E-state index is 0.0960. The predicted molar refractivity (Wildman–Crippen MR) is 96.0 cm³/mol. The number of anilines is 1. The highest BCUT2D eigenvalue weighted by Gasteiger charge is 2.30. The summed E-state index contributed by atoms with van der Waals surface area (Å²) in [6.07, 6.45) is 0.519. The summed E-state index contributed by atoms with van der Waals surface area (Å²) < 4.78 is 0. The first-order valence-corrected chi connectivity index (χ1v) is 8.63. The van der Waals surface area contributed by atoms with Crippen molar-refractivity contribution in [3.8, 4) is 11.1 Å². The second-order valence-electron chi connectivity index (χ2n) is 5.97. The highest BCUT2D eigenvalue weighted by molar-refractivity contribution is 7.11. The minimum Gasteiger partial charge on any atom is -0.325 e. The van der Waals surface area contributed by atoms with Crippen molar-refractivity contribution >= 4 is 22.9 Å². The van der Waals surface area contributed by atoms with Crippen LogP contribution in [0.25, 0.3) is 11.1 Å². The number of nitrogens with one attached hydrogen (secondary N) is 1. The van der Waals surface area contributed by atoms with E-state index in [1.807, 2.05) is 18.2 Å². The van der Waals surface area contributed by atoms with Crippen LogP contribution < -0.4 is 5.32 Å². The molecule has 114 valence electrons. The Balaban J connectivity index is 1.81. The van der Waals surface area contributed by atoms with Crippen molar-refractivity contribution in [1.82, 2.24) is 0 Å². The van der Waals surface area contributed by atoms with E-state index in [4.69, 9.17) is 0 Å². The molecule has 0 radical (unpaired) electrons. The van der Waals surface area contributed by atoms with Crippen LogP contribution in [0.1, 0.15) is 28.3 Å². The van der Waals surface area contributed by atoms with Gasteiger partial charge in [0, 0.05) is 28.2 Å². The van der Waals surface area contributed by atoms with Crippen molar-refractivity contribution in [3.63, 3.8) is 0 Å². The summed E-state index contributed by atoms with van der Waals surface area (Å²) in [6, 6.07) is 18.8. The first-order valence-electron chi connectivity index (χ1n) is 7.75. The van der Waals surface area contributed by atoms with Crippen LogP contribution in [-0.2, 0) is 4.79 Å². The molecular formula is C20H17NOS. The molecule has 2 aromatic carbocycles. The molecule has 1 aliphatic heterocycles. The molecule has 3 heteroatoms. The molecule has 0 saturated heterocycles. The fourth-order valence-corrected chi connectivity index (χ4v) is 4.29. The van der Waals surface area contributed by atoms with E-state index in [9.17, 15) is 4.79 Å². The lowest BCUT2D eigenvalue weighted by Gasteiger charge is -2.24. The number of carbonyl (C=O) groups is 1. The van der Waals surface area contributed by atoms with Crippen LogP contribution in [0.15, 0.2) is 60.0 Å². The first-order chi connectivity index (χ1) is 11.2. The van der Waals surface area contributed by atoms with Gasteiger partial charge in [0.25, 0.3) is 0 Å². The monoisotopic (exact) mass is 319 g/mol. The topological polar surface area (TPSA) is 29.1 Å². The van der Waals surface area contributed by atoms with Gasteiger partial charge >= 0.3 is 0 Å². The van der Waals surface area contributed by atoms with E-state index < -0.39 is 0 Å². The quantitative estimate of drug-likeness (QED) is 0.691. The Hall–Kier alpha value is -2.39. The van der Waals surface area contributed by atoms with Gasteiger partial charge in [0.15, 0.2) is 0 Å². The second kappa shape index (κ2) is 5.67. The van der Waals surface area contributed by atoms with E-state index in [1.165, 1.54) is 16.0 Å². The Morgan fingerprint density at radius 2 is 1.78 bits per heavy atom. The third kappa shape index (κ3) is 2.57. The number of hydrogen-bond acceptors (Lipinski definition) is 2. The lowest BCUT2D eigenvalue weighted by atomic mass is 9.89. The molecule has 0 bridgehead atoms. The van der Waals surface area contributed by atoms with Crippen LogP contribution in [0.3, 0.4) is 0 Å². The lowest BCUT2D eigenvalue weighted by molar-refractivity contribution is -0.116. The van der Waals surface area contributed by atoms with Crippen LogP contribution in [0.5, 0.6) is 0 Å². The number of fused-ring (bicyclic) bond motifs is 1. The number of aryl methyl sites for hydroxylation is 1. The smallest absolute Gasteiger partial charge is 0.225 e. The molecule has 3 aromatic rings. The molecule has 0 saturated carbocycles. The van der Waals surface area contributed by atoms with Gasteiger partial charge in [0.2, 0.25) is 5.91 Å². The van der Waals surface area contributed by atoms with E-state index in [1.54, 1.807) is 11.3 Å². The fourth-order valence-electron chi connectivity index (χ4n) is 3.12. The summed E-state index contributed by atoms with van der Waals surface area (Å²) in [5.74, 6) is 0.250. The minimum absolute atomic E-state index is 0.0960. The molecule has 4 rings (SSSR count). The lowest BCUT2D eigenvalue weighted by Crippen LogP contribution is -2.22. The van der Waals surface area contributed by atoms with E-state index >= 15 is 0 Å². The van der Waals surface area contributed by atoms with Gasteiger partial charge in [-0.3, -0.25) is 4.79 Å². The normalized spacial score (nSPS) is 16.7. The highest BCUT2D eigenvalue weighted by atomic mass is 32.1. The van der Waals surface area contributed by atoms with Crippen molar-refractivity contribution in [2.45, 2.75) is 19.3 Å². The van der Waals surface area contributed by atoms with Gasteiger partial charge < -0.3 is 5.32 Å². The number of amides is 1. The third-order valence-electron chi connectivity index (χ3n) is 4.35. The van der Waals surface area contributed by atoms with Crippen LogP contribution in [-0.4, -0.2) is 5.91 Å². The molecule has 1 N–H and O–H groups in total. The zero-order chi connectivity index (χ0) is 15.8. The first kappa shape index (κ1) is 14.2. The number of thiophene rings is 1. The van der Waals surface area contributed by atoms with Gasteiger partial charge in [-0.2, -0.15) is 0 Å². The number of benzene rings is 2. The van der Waals surface area contributed by atoms with Gasteiger partial charge in [-0.15, -0.1) is 11.3 Å². The summed E-state index contributed by atoms with van der Waals surface area (Å²) >= 11 is 1.74. The summed E-state index contributed by atoms with van der Waals surface area (Å²) in [7, 11) is 0. The van der Waals surface area contributed by atoms with Crippen molar-refractivity contribution < 1.29 is 4.79 Å². The van der Waals surface area contributed by atoms with Crippen molar-refractivity contribution in [3.05, 3.63) is 76.0 Å². The van der Waals surface area contributed by atoms with E-state index in [-0.39, 0.29) is 11.8 Å². The van der Waals surface area contributed by atoms with Crippen LogP contribution in [0.4, 0.5) is 5.69 Å². The number of rotatable bonds is 2. The Kier molecular flexibility index (Phi) is 3.50. The Morgan fingerprint density at radius 3 is 2.52 bits per heavy atom. The maximum Gasteiger partial charge on any atom is 0.225 e. The second-order valence-corrected chi connectivity index (χ2v) is 6.88. The molecular weight excluding hydrogens is 302 g/mol.